The van der Waals surface area contributed by atoms with Crippen LogP contribution in [0.2, 0.25) is 0 Å². The van der Waals surface area contributed by atoms with E-state index in [9.17, 15) is 0 Å². The van der Waals surface area contributed by atoms with E-state index < -0.39 is 0 Å². The van der Waals surface area contributed by atoms with Gasteiger partial charge in [0.05, 0.1) is 0 Å². The summed E-state index contributed by atoms with van der Waals surface area (Å²) in [4.78, 5) is 1.32. The summed E-state index contributed by atoms with van der Waals surface area (Å²) < 4.78 is 0. The maximum atomic E-state index is 8.68. The zero-order valence-corrected chi connectivity index (χ0v) is 8.10. The summed E-state index contributed by atoms with van der Waals surface area (Å²) in [6.07, 6.45) is 3.92. The Labute approximate surface area is 77.8 Å². The predicted octanol–water partition coefficient (Wildman–Crippen LogP) is 2.33. The summed E-state index contributed by atoms with van der Waals surface area (Å²) in [7, 11) is 0. The summed E-state index contributed by atoms with van der Waals surface area (Å²) in [6, 6.07) is 8.35. The molecule has 0 spiro atoms. The largest absolute Gasteiger partial charge is 0.396 e. The van der Waals surface area contributed by atoms with Crippen molar-refractivity contribution in [1.82, 2.24) is 0 Å². The van der Waals surface area contributed by atoms with Crippen LogP contribution in [0, 0.1) is 0 Å². The molecule has 0 atom stereocenters. The molecule has 1 N–H and O–H groups in total. The Bertz CT molecular complexity index is 235. The average molecular weight is 182 g/mol. The van der Waals surface area contributed by atoms with Gasteiger partial charge in [-0.15, -0.1) is 11.8 Å². The van der Waals surface area contributed by atoms with Crippen molar-refractivity contribution in [3.8, 4) is 0 Å². The predicted molar refractivity (Wildman–Crippen MR) is 53.6 cm³/mol. The van der Waals surface area contributed by atoms with E-state index in [-0.39, 0.29) is 6.61 Å². The molecule has 0 fully saturated rings. The Morgan fingerprint density at radius 1 is 1.33 bits per heavy atom. The molecule has 66 valence electrons. The topological polar surface area (TPSA) is 20.2 Å². The lowest BCUT2D eigenvalue weighted by atomic mass is 10.1. The maximum Gasteiger partial charge on any atom is 0.0434 e. The molecule has 12 heavy (non-hydrogen) atoms. The third kappa shape index (κ3) is 2.54. The SMILES string of the molecule is CSc1ccccc1CCCO. The highest BCUT2D eigenvalue weighted by Gasteiger charge is 1.98. The van der Waals surface area contributed by atoms with Crippen molar-refractivity contribution in [3.63, 3.8) is 0 Å². The lowest BCUT2D eigenvalue weighted by Crippen LogP contribution is -1.91. The molecule has 1 rings (SSSR count). The molecule has 0 aromatic heterocycles. The van der Waals surface area contributed by atoms with Crippen molar-refractivity contribution in [1.29, 1.82) is 0 Å². The van der Waals surface area contributed by atoms with Crippen LogP contribution in [-0.2, 0) is 6.42 Å². The normalized spacial score (nSPS) is 10.2. The summed E-state index contributed by atoms with van der Waals surface area (Å²) in [6.45, 7) is 0.280. The molecule has 0 aliphatic heterocycles. The molecule has 0 saturated heterocycles. The zero-order valence-electron chi connectivity index (χ0n) is 7.29. The Morgan fingerprint density at radius 3 is 2.75 bits per heavy atom. The van der Waals surface area contributed by atoms with Gasteiger partial charge in [-0.3, -0.25) is 0 Å². The molecule has 0 saturated carbocycles. The van der Waals surface area contributed by atoms with E-state index in [0.717, 1.165) is 12.8 Å². The van der Waals surface area contributed by atoms with Crippen LogP contribution in [0.15, 0.2) is 29.2 Å². The first kappa shape index (κ1) is 9.62. The highest BCUT2D eigenvalue weighted by molar-refractivity contribution is 7.98. The standard InChI is InChI=1S/C10H14OS/c1-12-10-7-3-2-5-9(10)6-4-8-11/h2-3,5,7,11H,4,6,8H2,1H3. The maximum absolute atomic E-state index is 8.68. The van der Waals surface area contributed by atoms with Gasteiger partial charge >= 0.3 is 0 Å². The van der Waals surface area contributed by atoms with Gasteiger partial charge in [0.2, 0.25) is 0 Å². The first-order valence-corrected chi connectivity index (χ1v) is 5.33. The first-order valence-electron chi connectivity index (χ1n) is 4.11. The molecule has 0 aliphatic carbocycles. The van der Waals surface area contributed by atoms with Crippen molar-refractivity contribution in [2.24, 2.45) is 0 Å². The zero-order chi connectivity index (χ0) is 8.81. The molecule has 1 nitrogen and oxygen atoms in total. The van der Waals surface area contributed by atoms with Gasteiger partial charge < -0.3 is 5.11 Å². The fourth-order valence-corrected chi connectivity index (χ4v) is 1.83. The lowest BCUT2D eigenvalue weighted by Gasteiger charge is -2.04. The van der Waals surface area contributed by atoms with E-state index >= 15 is 0 Å². The molecule has 0 bridgehead atoms. The van der Waals surface area contributed by atoms with Gasteiger partial charge in [0.25, 0.3) is 0 Å². The van der Waals surface area contributed by atoms with Crippen molar-refractivity contribution in [2.75, 3.05) is 12.9 Å². The Kier molecular flexibility index (Phi) is 4.19. The summed E-state index contributed by atoms with van der Waals surface area (Å²) in [5, 5.41) is 8.68. The second-order valence-electron chi connectivity index (χ2n) is 2.64. The molecule has 0 aliphatic rings. The lowest BCUT2D eigenvalue weighted by molar-refractivity contribution is 0.288. The van der Waals surface area contributed by atoms with E-state index in [1.54, 1.807) is 11.8 Å². The summed E-state index contributed by atoms with van der Waals surface area (Å²) in [5.41, 5.74) is 1.35. The second kappa shape index (κ2) is 5.22. The molecule has 0 radical (unpaired) electrons. The highest BCUT2D eigenvalue weighted by Crippen LogP contribution is 2.20. The van der Waals surface area contributed by atoms with Crippen molar-refractivity contribution in [3.05, 3.63) is 29.8 Å². The van der Waals surface area contributed by atoms with Crippen LogP contribution < -0.4 is 0 Å². The van der Waals surface area contributed by atoms with Crippen LogP contribution in [0.1, 0.15) is 12.0 Å². The molecular formula is C10H14OS. The fraction of sp³-hybridized carbons (Fsp3) is 0.400. The van der Waals surface area contributed by atoms with Crippen LogP contribution in [-0.4, -0.2) is 18.0 Å². The van der Waals surface area contributed by atoms with E-state index in [1.807, 2.05) is 12.1 Å². The van der Waals surface area contributed by atoms with Gasteiger partial charge in [-0.05, 0) is 30.7 Å². The fourth-order valence-electron chi connectivity index (χ4n) is 1.18. The molecule has 2 heteroatoms. The van der Waals surface area contributed by atoms with Crippen LogP contribution in [0.5, 0.6) is 0 Å². The van der Waals surface area contributed by atoms with Crippen LogP contribution in [0.3, 0.4) is 0 Å². The van der Waals surface area contributed by atoms with E-state index in [1.165, 1.54) is 10.5 Å². The smallest absolute Gasteiger partial charge is 0.0434 e. The van der Waals surface area contributed by atoms with Gasteiger partial charge in [-0.25, -0.2) is 0 Å². The minimum atomic E-state index is 0.280. The number of hydrogen-bond acceptors (Lipinski definition) is 2. The number of benzene rings is 1. The second-order valence-corrected chi connectivity index (χ2v) is 3.49. The molecular weight excluding hydrogens is 168 g/mol. The molecule has 0 amide bonds. The third-order valence-corrected chi connectivity index (χ3v) is 2.63. The molecule has 1 aromatic carbocycles. The molecule has 0 unspecified atom stereocenters. The van der Waals surface area contributed by atoms with E-state index in [4.69, 9.17) is 5.11 Å². The number of aryl methyl sites for hydroxylation is 1. The Balaban J connectivity index is 2.68. The summed E-state index contributed by atoms with van der Waals surface area (Å²) in [5.74, 6) is 0. The number of aliphatic hydroxyl groups excluding tert-OH is 1. The Hall–Kier alpha value is -0.470. The number of aliphatic hydroxyl groups is 1. The minimum absolute atomic E-state index is 0.280. The monoisotopic (exact) mass is 182 g/mol. The summed E-state index contributed by atoms with van der Waals surface area (Å²) >= 11 is 1.76. The van der Waals surface area contributed by atoms with Gasteiger partial charge in [0.1, 0.15) is 0 Å². The first-order chi connectivity index (χ1) is 5.88. The number of rotatable bonds is 4. The van der Waals surface area contributed by atoms with Gasteiger partial charge in [0, 0.05) is 11.5 Å². The van der Waals surface area contributed by atoms with Crippen molar-refractivity contribution < 1.29 is 5.11 Å². The number of hydrogen-bond donors (Lipinski definition) is 1. The van der Waals surface area contributed by atoms with E-state index in [0.29, 0.717) is 0 Å². The average Bonchev–Trinajstić information content (AvgIpc) is 2.15. The quantitative estimate of drug-likeness (QED) is 0.721. The van der Waals surface area contributed by atoms with Crippen molar-refractivity contribution in [2.45, 2.75) is 17.7 Å². The molecule has 0 heterocycles. The van der Waals surface area contributed by atoms with Gasteiger partial charge in [-0.1, -0.05) is 18.2 Å². The van der Waals surface area contributed by atoms with Crippen LogP contribution in [0.25, 0.3) is 0 Å². The number of thioether (sulfide) groups is 1. The van der Waals surface area contributed by atoms with E-state index in [2.05, 4.69) is 18.4 Å². The highest BCUT2D eigenvalue weighted by atomic mass is 32.2. The van der Waals surface area contributed by atoms with Gasteiger partial charge in [0.15, 0.2) is 0 Å². The minimum Gasteiger partial charge on any atom is -0.396 e. The Morgan fingerprint density at radius 2 is 2.08 bits per heavy atom. The van der Waals surface area contributed by atoms with Gasteiger partial charge in [-0.2, -0.15) is 0 Å². The third-order valence-electron chi connectivity index (χ3n) is 1.80. The molecule has 1 aromatic rings. The van der Waals surface area contributed by atoms with Crippen LogP contribution in [0.4, 0.5) is 0 Å². The van der Waals surface area contributed by atoms with Crippen LogP contribution >= 0.6 is 11.8 Å². The van der Waals surface area contributed by atoms with Crippen molar-refractivity contribution >= 4 is 11.8 Å².